The second-order valence-corrected chi connectivity index (χ2v) is 6.59. The van der Waals surface area contributed by atoms with Crippen molar-refractivity contribution in [2.75, 3.05) is 5.75 Å². The number of carbonyl (C=O) groups excluding carboxylic acids is 1. The van der Waals surface area contributed by atoms with Crippen molar-refractivity contribution in [2.45, 2.75) is 50.7 Å². The number of Topliss-reactive ketones (excluding diaryl/α,β-unsaturated/α-hetero) is 1. The zero-order chi connectivity index (χ0) is 13.0. The molecular formula is C16H22OS. The summed E-state index contributed by atoms with van der Waals surface area (Å²) < 4.78 is 0. The van der Waals surface area contributed by atoms with Gasteiger partial charge in [-0.3, -0.25) is 4.79 Å². The lowest BCUT2D eigenvalue weighted by Gasteiger charge is -2.27. The summed E-state index contributed by atoms with van der Waals surface area (Å²) in [5.74, 6) is 1.57. The Balaban J connectivity index is 2.05. The van der Waals surface area contributed by atoms with Gasteiger partial charge in [0.1, 0.15) is 0 Å². The van der Waals surface area contributed by atoms with Crippen LogP contribution in [-0.2, 0) is 0 Å². The molecule has 1 saturated carbocycles. The van der Waals surface area contributed by atoms with E-state index in [2.05, 4.69) is 26.0 Å². The van der Waals surface area contributed by atoms with Gasteiger partial charge in [0.2, 0.25) is 0 Å². The van der Waals surface area contributed by atoms with E-state index in [0.717, 1.165) is 12.0 Å². The van der Waals surface area contributed by atoms with E-state index in [4.69, 9.17) is 0 Å². The molecule has 0 aromatic heterocycles. The minimum Gasteiger partial charge on any atom is -0.293 e. The number of carbonyl (C=O) groups is 1. The fourth-order valence-corrected chi connectivity index (χ4v) is 3.07. The summed E-state index contributed by atoms with van der Waals surface area (Å²) in [5.41, 5.74) is 2.26. The zero-order valence-electron chi connectivity index (χ0n) is 11.3. The molecule has 2 heteroatoms. The molecule has 0 aliphatic heterocycles. The highest BCUT2D eigenvalue weighted by Crippen LogP contribution is 2.38. The van der Waals surface area contributed by atoms with Gasteiger partial charge in [0, 0.05) is 10.8 Å². The molecule has 1 unspecified atom stereocenters. The summed E-state index contributed by atoms with van der Waals surface area (Å²) in [5, 5.41) is 0.574. The Hall–Kier alpha value is -0.760. The van der Waals surface area contributed by atoms with Gasteiger partial charge in [0.25, 0.3) is 0 Å². The first-order valence-electron chi connectivity index (χ1n) is 6.96. The Morgan fingerprint density at radius 1 is 1.39 bits per heavy atom. The molecule has 1 aliphatic rings. The molecule has 0 amide bonds. The molecule has 0 spiro atoms. The smallest absolute Gasteiger partial charge is 0.173 e. The summed E-state index contributed by atoms with van der Waals surface area (Å²) in [6.45, 7) is 4.36. The summed E-state index contributed by atoms with van der Waals surface area (Å²) in [7, 11) is 0. The van der Waals surface area contributed by atoms with Crippen molar-refractivity contribution in [3.05, 3.63) is 35.4 Å². The zero-order valence-corrected chi connectivity index (χ0v) is 12.1. The van der Waals surface area contributed by atoms with Gasteiger partial charge in [-0.2, -0.15) is 11.8 Å². The van der Waals surface area contributed by atoms with Crippen molar-refractivity contribution in [2.24, 2.45) is 0 Å². The topological polar surface area (TPSA) is 17.1 Å². The van der Waals surface area contributed by atoms with Crippen molar-refractivity contribution < 1.29 is 4.79 Å². The standard InChI is InChI=1S/C16H22OS/c1-3-12(2)18-11-16(17)15-10-5-4-9-14(15)13-7-6-8-13/h4-5,9-10,12-13H,3,6-8,11H2,1-2H3. The van der Waals surface area contributed by atoms with Gasteiger partial charge >= 0.3 is 0 Å². The number of rotatable bonds is 6. The minimum atomic E-state index is 0.308. The molecule has 1 fully saturated rings. The normalized spacial score (nSPS) is 17.2. The van der Waals surface area contributed by atoms with Crippen molar-refractivity contribution in [1.29, 1.82) is 0 Å². The van der Waals surface area contributed by atoms with E-state index in [1.807, 2.05) is 12.1 Å². The second-order valence-electron chi connectivity index (χ2n) is 5.17. The predicted molar refractivity (Wildman–Crippen MR) is 79.6 cm³/mol. The molecule has 1 aliphatic carbocycles. The second kappa shape index (κ2) is 6.42. The number of benzene rings is 1. The lowest BCUT2D eigenvalue weighted by molar-refractivity contribution is 0.102. The van der Waals surface area contributed by atoms with Crippen LogP contribution in [0.3, 0.4) is 0 Å². The summed E-state index contributed by atoms with van der Waals surface area (Å²) >= 11 is 1.78. The molecule has 1 aromatic rings. The van der Waals surface area contributed by atoms with Crippen LogP contribution >= 0.6 is 11.8 Å². The number of thioether (sulfide) groups is 1. The van der Waals surface area contributed by atoms with Gasteiger partial charge < -0.3 is 0 Å². The molecular weight excluding hydrogens is 240 g/mol. The van der Waals surface area contributed by atoms with E-state index in [9.17, 15) is 4.79 Å². The maximum absolute atomic E-state index is 12.3. The molecule has 0 N–H and O–H groups in total. The van der Waals surface area contributed by atoms with Crippen molar-refractivity contribution >= 4 is 17.5 Å². The number of hydrogen-bond donors (Lipinski definition) is 0. The van der Waals surface area contributed by atoms with Crippen molar-refractivity contribution in [3.63, 3.8) is 0 Å². The van der Waals surface area contributed by atoms with Crippen LogP contribution in [0.25, 0.3) is 0 Å². The van der Waals surface area contributed by atoms with Crippen molar-refractivity contribution in [1.82, 2.24) is 0 Å². The molecule has 18 heavy (non-hydrogen) atoms. The van der Waals surface area contributed by atoms with Crippen LogP contribution in [0.15, 0.2) is 24.3 Å². The third kappa shape index (κ3) is 3.17. The highest BCUT2D eigenvalue weighted by atomic mass is 32.2. The van der Waals surface area contributed by atoms with E-state index < -0.39 is 0 Å². The van der Waals surface area contributed by atoms with E-state index in [-0.39, 0.29) is 0 Å². The van der Waals surface area contributed by atoms with Gasteiger partial charge in [-0.15, -0.1) is 0 Å². The van der Waals surface area contributed by atoms with Crippen LogP contribution in [0.2, 0.25) is 0 Å². The van der Waals surface area contributed by atoms with E-state index in [1.165, 1.54) is 24.8 Å². The molecule has 0 heterocycles. The van der Waals surface area contributed by atoms with Crippen LogP contribution in [0.4, 0.5) is 0 Å². The summed E-state index contributed by atoms with van der Waals surface area (Å²) in [4.78, 5) is 12.3. The van der Waals surface area contributed by atoms with Crippen LogP contribution in [0, 0.1) is 0 Å². The molecule has 0 bridgehead atoms. The van der Waals surface area contributed by atoms with Crippen molar-refractivity contribution in [3.8, 4) is 0 Å². The first-order chi connectivity index (χ1) is 8.72. The van der Waals surface area contributed by atoms with Gasteiger partial charge in [-0.05, 0) is 30.7 Å². The maximum atomic E-state index is 12.3. The first-order valence-corrected chi connectivity index (χ1v) is 8.01. The Bertz CT molecular complexity index is 409. The SMILES string of the molecule is CCC(C)SCC(=O)c1ccccc1C1CCC1. The third-order valence-corrected chi connectivity index (χ3v) is 5.21. The predicted octanol–water partition coefficient (Wildman–Crippen LogP) is 4.67. The molecule has 98 valence electrons. The van der Waals surface area contributed by atoms with Crippen LogP contribution in [-0.4, -0.2) is 16.8 Å². The lowest BCUT2D eigenvalue weighted by atomic mass is 9.78. The van der Waals surface area contributed by atoms with Gasteiger partial charge in [0.05, 0.1) is 5.75 Å². The van der Waals surface area contributed by atoms with E-state index in [1.54, 1.807) is 11.8 Å². The monoisotopic (exact) mass is 262 g/mol. The molecule has 0 radical (unpaired) electrons. The highest BCUT2D eigenvalue weighted by Gasteiger charge is 2.24. The highest BCUT2D eigenvalue weighted by molar-refractivity contribution is 8.00. The molecule has 1 aromatic carbocycles. The average molecular weight is 262 g/mol. The van der Waals surface area contributed by atoms with Gasteiger partial charge in [0.15, 0.2) is 5.78 Å². The van der Waals surface area contributed by atoms with Gasteiger partial charge in [-0.25, -0.2) is 0 Å². The molecule has 1 atom stereocenters. The Morgan fingerprint density at radius 2 is 2.11 bits per heavy atom. The summed E-state index contributed by atoms with van der Waals surface area (Å²) in [6.07, 6.45) is 4.95. The van der Waals surface area contributed by atoms with Crippen LogP contribution in [0.1, 0.15) is 61.4 Å². The Morgan fingerprint density at radius 3 is 2.72 bits per heavy atom. The Labute approximate surface area is 114 Å². The summed E-state index contributed by atoms with van der Waals surface area (Å²) in [6, 6.07) is 8.20. The number of hydrogen-bond acceptors (Lipinski definition) is 2. The van der Waals surface area contributed by atoms with Crippen LogP contribution < -0.4 is 0 Å². The number of ketones is 1. The van der Waals surface area contributed by atoms with Gasteiger partial charge in [-0.1, -0.05) is 44.5 Å². The first kappa shape index (κ1) is 13.7. The van der Waals surface area contributed by atoms with E-state index >= 15 is 0 Å². The largest absolute Gasteiger partial charge is 0.293 e. The lowest BCUT2D eigenvalue weighted by Crippen LogP contribution is -2.15. The molecule has 1 nitrogen and oxygen atoms in total. The molecule has 2 rings (SSSR count). The average Bonchev–Trinajstić information content (AvgIpc) is 2.34. The van der Waals surface area contributed by atoms with Crippen LogP contribution in [0.5, 0.6) is 0 Å². The fraction of sp³-hybridized carbons (Fsp3) is 0.562. The maximum Gasteiger partial charge on any atom is 0.173 e. The molecule has 0 saturated heterocycles. The minimum absolute atomic E-state index is 0.308. The third-order valence-electron chi connectivity index (χ3n) is 3.88. The quantitative estimate of drug-likeness (QED) is 0.693. The van der Waals surface area contributed by atoms with E-state index in [0.29, 0.717) is 22.7 Å². The fourth-order valence-electron chi connectivity index (χ4n) is 2.24. The Kier molecular flexibility index (Phi) is 4.87.